The molecule has 2 rings (SSSR count). The van der Waals surface area contributed by atoms with E-state index in [9.17, 15) is 0 Å². The summed E-state index contributed by atoms with van der Waals surface area (Å²) >= 11 is 5.79. The van der Waals surface area contributed by atoms with Crippen LogP contribution in [0.15, 0.2) is 18.2 Å². The van der Waals surface area contributed by atoms with Gasteiger partial charge in [0.1, 0.15) is 11.9 Å². The molecule has 1 aromatic carbocycles. The molecule has 0 unspecified atom stereocenters. The van der Waals surface area contributed by atoms with Gasteiger partial charge >= 0.3 is 0 Å². The van der Waals surface area contributed by atoms with Gasteiger partial charge in [-0.15, -0.1) is 0 Å². The average molecular weight is 169 g/mol. The predicted octanol–water partition coefficient (Wildman–Crippen LogP) is 2.66. The van der Waals surface area contributed by atoms with Crippen LogP contribution in [-0.2, 0) is 6.42 Å². The minimum atomic E-state index is 0.309. The van der Waals surface area contributed by atoms with Crippen LogP contribution in [0.4, 0.5) is 0 Å². The van der Waals surface area contributed by atoms with Gasteiger partial charge in [-0.05, 0) is 24.6 Å². The first kappa shape index (κ1) is 6.99. The first-order chi connectivity index (χ1) is 5.25. The molecular formula is C9H9ClO. The lowest BCUT2D eigenvalue weighted by molar-refractivity contribution is 0.254. The second-order valence-electron chi connectivity index (χ2n) is 2.88. The fourth-order valence-corrected chi connectivity index (χ4v) is 1.54. The molecule has 58 valence electrons. The minimum Gasteiger partial charge on any atom is -0.490 e. The zero-order valence-corrected chi connectivity index (χ0v) is 7.06. The molecule has 0 saturated heterocycles. The first-order valence-corrected chi connectivity index (χ1v) is 4.08. The van der Waals surface area contributed by atoms with E-state index in [1.54, 1.807) is 0 Å². The van der Waals surface area contributed by atoms with Gasteiger partial charge in [0.25, 0.3) is 0 Å². The van der Waals surface area contributed by atoms with Crippen LogP contribution in [0.2, 0.25) is 5.02 Å². The Bertz CT molecular complexity index is 283. The molecule has 0 bridgehead atoms. The van der Waals surface area contributed by atoms with Gasteiger partial charge in [-0.2, -0.15) is 0 Å². The Balaban J connectivity index is 2.43. The molecule has 1 nitrogen and oxygen atoms in total. The highest BCUT2D eigenvalue weighted by molar-refractivity contribution is 6.30. The third kappa shape index (κ3) is 1.21. The molecule has 1 aliphatic rings. The molecule has 1 aliphatic heterocycles. The molecule has 1 atom stereocenters. The molecule has 0 amide bonds. The van der Waals surface area contributed by atoms with Crippen molar-refractivity contribution in [1.82, 2.24) is 0 Å². The van der Waals surface area contributed by atoms with Crippen LogP contribution in [0.5, 0.6) is 5.75 Å². The van der Waals surface area contributed by atoms with Crippen molar-refractivity contribution >= 4 is 11.6 Å². The number of hydrogen-bond donors (Lipinski definition) is 0. The van der Waals surface area contributed by atoms with E-state index in [2.05, 4.69) is 6.92 Å². The van der Waals surface area contributed by atoms with Crippen LogP contribution in [0.1, 0.15) is 12.5 Å². The summed E-state index contributed by atoms with van der Waals surface area (Å²) in [4.78, 5) is 0. The van der Waals surface area contributed by atoms with Gasteiger partial charge in [0, 0.05) is 11.4 Å². The van der Waals surface area contributed by atoms with Crippen LogP contribution in [0.3, 0.4) is 0 Å². The van der Waals surface area contributed by atoms with Gasteiger partial charge in [0.2, 0.25) is 0 Å². The molecular weight excluding hydrogens is 160 g/mol. The fraction of sp³-hybridized carbons (Fsp3) is 0.333. The molecule has 0 aromatic heterocycles. The summed E-state index contributed by atoms with van der Waals surface area (Å²) in [6.07, 6.45) is 1.32. The molecule has 0 N–H and O–H groups in total. The van der Waals surface area contributed by atoms with Crippen LogP contribution < -0.4 is 4.74 Å². The number of benzene rings is 1. The van der Waals surface area contributed by atoms with Crippen molar-refractivity contribution in [2.45, 2.75) is 19.4 Å². The van der Waals surface area contributed by atoms with Crippen molar-refractivity contribution in [2.24, 2.45) is 0 Å². The Hall–Kier alpha value is -0.690. The Kier molecular flexibility index (Phi) is 1.53. The summed E-state index contributed by atoms with van der Waals surface area (Å²) in [5.74, 6) is 0.949. The SMILES string of the molecule is C[C@@H]1Cc2ccc(Cl)cc2O1. The van der Waals surface area contributed by atoms with Gasteiger partial charge in [0.05, 0.1) is 0 Å². The second kappa shape index (κ2) is 2.42. The first-order valence-electron chi connectivity index (χ1n) is 3.71. The van der Waals surface area contributed by atoms with Gasteiger partial charge in [-0.3, -0.25) is 0 Å². The van der Waals surface area contributed by atoms with Gasteiger partial charge < -0.3 is 4.74 Å². The predicted molar refractivity (Wildman–Crippen MR) is 45.2 cm³/mol. The Morgan fingerprint density at radius 3 is 3.18 bits per heavy atom. The van der Waals surface area contributed by atoms with Crippen molar-refractivity contribution in [2.75, 3.05) is 0 Å². The Morgan fingerprint density at radius 2 is 2.36 bits per heavy atom. The highest BCUT2D eigenvalue weighted by Crippen LogP contribution is 2.30. The van der Waals surface area contributed by atoms with E-state index in [1.807, 2.05) is 18.2 Å². The van der Waals surface area contributed by atoms with Crippen molar-refractivity contribution in [3.63, 3.8) is 0 Å². The number of fused-ring (bicyclic) bond motifs is 1. The molecule has 11 heavy (non-hydrogen) atoms. The molecule has 0 saturated carbocycles. The summed E-state index contributed by atoms with van der Waals surface area (Å²) in [5, 5.41) is 0.748. The standard InChI is InChI=1S/C9H9ClO/c1-6-4-7-2-3-8(10)5-9(7)11-6/h2-3,5-6H,4H2,1H3/t6-/m1/s1. The summed E-state index contributed by atoms with van der Waals surface area (Å²) in [6.45, 7) is 2.06. The average Bonchev–Trinajstić information content (AvgIpc) is 2.27. The molecule has 1 aromatic rings. The van der Waals surface area contributed by atoms with E-state index < -0.39 is 0 Å². The second-order valence-corrected chi connectivity index (χ2v) is 3.32. The normalized spacial score (nSPS) is 21.1. The molecule has 0 spiro atoms. The molecule has 0 fully saturated rings. The molecule has 1 heterocycles. The maximum absolute atomic E-state index is 5.79. The fourth-order valence-electron chi connectivity index (χ4n) is 1.37. The Morgan fingerprint density at radius 1 is 1.55 bits per heavy atom. The molecule has 2 heteroatoms. The summed E-state index contributed by atoms with van der Waals surface area (Å²) in [6, 6.07) is 5.81. The topological polar surface area (TPSA) is 9.23 Å². The van der Waals surface area contributed by atoms with Crippen molar-refractivity contribution in [3.8, 4) is 5.75 Å². The zero-order valence-electron chi connectivity index (χ0n) is 6.30. The van der Waals surface area contributed by atoms with E-state index in [0.717, 1.165) is 17.2 Å². The number of halogens is 1. The maximum Gasteiger partial charge on any atom is 0.124 e. The van der Waals surface area contributed by atoms with Crippen molar-refractivity contribution in [3.05, 3.63) is 28.8 Å². The van der Waals surface area contributed by atoms with E-state index in [-0.39, 0.29) is 0 Å². The smallest absolute Gasteiger partial charge is 0.124 e. The zero-order chi connectivity index (χ0) is 7.84. The number of hydrogen-bond acceptors (Lipinski definition) is 1. The largest absolute Gasteiger partial charge is 0.490 e. The van der Waals surface area contributed by atoms with Crippen molar-refractivity contribution in [1.29, 1.82) is 0 Å². The lowest BCUT2D eigenvalue weighted by Gasteiger charge is -2.01. The third-order valence-corrected chi connectivity index (χ3v) is 2.10. The van der Waals surface area contributed by atoms with Gasteiger partial charge in [-0.25, -0.2) is 0 Å². The quantitative estimate of drug-likeness (QED) is 0.579. The molecule has 0 radical (unpaired) electrons. The Labute approximate surface area is 70.9 Å². The monoisotopic (exact) mass is 168 g/mol. The van der Waals surface area contributed by atoms with Crippen LogP contribution in [0, 0.1) is 0 Å². The van der Waals surface area contributed by atoms with E-state index >= 15 is 0 Å². The van der Waals surface area contributed by atoms with E-state index in [0.29, 0.717) is 6.10 Å². The van der Waals surface area contributed by atoms with E-state index in [1.165, 1.54) is 5.56 Å². The van der Waals surface area contributed by atoms with Crippen molar-refractivity contribution < 1.29 is 4.74 Å². The minimum absolute atomic E-state index is 0.309. The van der Waals surface area contributed by atoms with Crippen LogP contribution in [-0.4, -0.2) is 6.10 Å². The van der Waals surface area contributed by atoms with Crippen LogP contribution in [0.25, 0.3) is 0 Å². The van der Waals surface area contributed by atoms with Gasteiger partial charge in [0.15, 0.2) is 0 Å². The maximum atomic E-state index is 5.79. The van der Waals surface area contributed by atoms with Gasteiger partial charge in [-0.1, -0.05) is 17.7 Å². The third-order valence-electron chi connectivity index (χ3n) is 1.86. The molecule has 0 aliphatic carbocycles. The van der Waals surface area contributed by atoms with Crippen LogP contribution >= 0.6 is 11.6 Å². The summed E-state index contributed by atoms with van der Waals surface area (Å²) in [7, 11) is 0. The summed E-state index contributed by atoms with van der Waals surface area (Å²) in [5.41, 5.74) is 1.27. The lowest BCUT2D eigenvalue weighted by atomic mass is 10.1. The summed E-state index contributed by atoms with van der Waals surface area (Å²) < 4.78 is 5.50. The highest BCUT2D eigenvalue weighted by Gasteiger charge is 2.18. The lowest BCUT2D eigenvalue weighted by Crippen LogP contribution is -2.05. The highest BCUT2D eigenvalue weighted by atomic mass is 35.5. The van der Waals surface area contributed by atoms with E-state index in [4.69, 9.17) is 16.3 Å². The number of rotatable bonds is 0. The number of ether oxygens (including phenoxy) is 1.